The van der Waals surface area contributed by atoms with E-state index in [1.165, 1.54) is 6.07 Å². The number of benzene rings is 1. The lowest BCUT2D eigenvalue weighted by Crippen LogP contribution is -2.34. The summed E-state index contributed by atoms with van der Waals surface area (Å²) in [4.78, 5) is 0. The van der Waals surface area contributed by atoms with Gasteiger partial charge in [0, 0.05) is 18.2 Å². The highest BCUT2D eigenvalue weighted by Crippen LogP contribution is 2.27. The van der Waals surface area contributed by atoms with E-state index in [-0.39, 0.29) is 12.3 Å². The summed E-state index contributed by atoms with van der Waals surface area (Å²) in [7, 11) is 0. The Labute approximate surface area is 115 Å². The number of alkyl halides is 3. The number of rotatable bonds is 7. The highest BCUT2D eigenvalue weighted by atomic mass is 19.4. The summed E-state index contributed by atoms with van der Waals surface area (Å²) in [5.41, 5.74) is 6.03. The van der Waals surface area contributed by atoms with Crippen molar-refractivity contribution >= 4 is 0 Å². The quantitative estimate of drug-likeness (QED) is 0.809. The van der Waals surface area contributed by atoms with Crippen molar-refractivity contribution < 1.29 is 27.8 Å². The minimum absolute atomic E-state index is 0.117. The predicted octanol–water partition coefficient (Wildman–Crippen LogP) is 2.24. The Hall–Kier alpha value is -1.47. The minimum atomic E-state index is -4.71. The highest BCUT2D eigenvalue weighted by molar-refractivity contribution is 5.40. The third-order valence-corrected chi connectivity index (χ3v) is 2.51. The molecule has 0 aromatic heterocycles. The second kappa shape index (κ2) is 7.35. The molecule has 0 fully saturated rings. The van der Waals surface area contributed by atoms with Gasteiger partial charge in [0.1, 0.15) is 18.1 Å². The fourth-order valence-corrected chi connectivity index (χ4v) is 1.41. The molecule has 1 rings (SSSR count). The lowest BCUT2D eigenvalue weighted by atomic mass is 10.2. The summed E-state index contributed by atoms with van der Waals surface area (Å²) in [5.74, 6) is 0.671. The standard InChI is InChI=1S/C13H18F3NO3/c1-2-5-19-10-4-3-9(7-17)11(6-10)20-8-12(18)13(14,15)16/h3-4,6,12,18H,2,5,7-8,17H2,1H3. The Morgan fingerprint density at radius 2 is 2.00 bits per heavy atom. The molecule has 0 aliphatic rings. The zero-order valence-electron chi connectivity index (χ0n) is 11.1. The molecular formula is C13H18F3NO3. The van der Waals surface area contributed by atoms with E-state index in [1.807, 2.05) is 6.92 Å². The van der Waals surface area contributed by atoms with Crippen molar-refractivity contribution in [3.05, 3.63) is 23.8 Å². The van der Waals surface area contributed by atoms with Crippen LogP contribution in [0.25, 0.3) is 0 Å². The molecule has 0 amide bonds. The van der Waals surface area contributed by atoms with Crippen molar-refractivity contribution in [2.75, 3.05) is 13.2 Å². The fourth-order valence-electron chi connectivity index (χ4n) is 1.41. The third kappa shape index (κ3) is 4.90. The van der Waals surface area contributed by atoms with Crippen LogP contribution in [0, 0.1) is 0 Å². The summed E-state index contributed by atoms with van der Waals surface area (Å²) >= 11 is 0. The van der Waals surface area contributed by atoms with Gasteiger partial charge in [-0.3, -0.25) is 0 Å². The second-order valence-corrected chi connectivity index (χ2v) is 4.19. The molecule has 3 N–H and O–H groups in total. The molecule has 0 aliphatic carbocycles. The lowest BCUT2D eigenvalue weighted by Gasteiger charge is -2.17. The SMILES string of the molecule is CCCOc1ccc(CN)c(OCC(O)C(F)(F)F)c1. The molecule has 0 spiro atoms. The van der Waals surface area contributed by atoms with Crippen LogP contribution >= 0.6 is 0 Å². The maximum absolute atomic E-state index is 12.2. The van der Waals surface area contributed by atoms with Crippen molar-refractivity contribution in [1.29, 1.82) is 0 Å². The van der Waals surface area contributed by atoms with Crippen LogP contribution in [0.5, 0.6) is 11.5 Å². The smallest absolute Gasteiger partial charge is 0.417 e. The molecule has 0 bridgehead atoms. The summed E-state index contributed by atoms with van der Waals surface area (Å²) in [5, 5.41) is 8.91. The summed E-state index contributed by atoms with van der Waals surface area (Å²) in [6, 6.07) is 4.77. The Morgan fingerprint density at radius 1 is 1.30 bits per heavy atom. The van der Waals surface area contributed by atoms with Crippen LogP contribution in [-0.2, 0) is 6.54 Å². The summed E-state index contributed by atoms with van der Waals surface area (Å²) in [6.45, 7) is 1.66. The van der Waals surface area contributed by atoms with Gasteiger partial charge >= 0.3 is 6.18 Å². The first kappa shape index (κ1) is 16.6. The molecule has 4 nitrogen and oxygen atoms in total. The van der Waals surface area contributed by atoms with Gasteiger partial charge in [-0.25, -0.2) is 0 Å². The molecule has 0 radical (unpaired) electrons. The van der Waals surface area contributed by atoms with E-state index in [2.05, 4.69) is 0 Å². The number of aliphatic hydroxyl groups is 1. The van der Waals surface area contributed by atoms with Crippen LogP contribution in [0.1, 0.15) is 18.9 Å². The van der Waals surface area contributed by atoms with E-state index in [1.54, 1.807) is 12.1 Å². The van der Waals surface area contributed by atoms with Crippen LogP contribution < -0.4 is 15.2 Å². The van der Waals surface area contributed by atoms with Crippen LogP contribution in [-0.4, -0.2) is 30.6 Å². The van der Waals surface area contributed by atoms with Crippen molar-refractivity contribution in [3.63, 3.8) is 0 Å². The van der Waals surface area contributed by atoms with Gasteiger partial charge in [-0.05, 0) is 12.5 Å². The van der Waals surface area contributed by atoms with Crippen LogP contribution in [0.4, 0.5) is 13.2 Å². The molecule has 1 aromatic rings. The fraction of sp³-hybridized carbons (Fsp3) is 0.538. The van der Waals surface area contributed by atoms with Crippen molar-refractivity contribution in [1.82, 2.24) is 0 Å². The number of hydrogen-bond acceptors (Lipinski definition) is 4. The average molecular weight is 293 g/mol. The Balaban J connectivity index is 2.75. The molecule has 1 atom stereocenters. The number of nitrogens with two attached hydrogens (primary N) is 1. The Bertz CT molecular complexity index is 424. The molecule has 1 unspecified atom stereocenters. The van der Waals surface area contributed by atoms with E-state index < -0.39 is 18.9 Å². The maximum Gasteiger partial charge on any atom is 0.417 e. The van der Waals surface area contributed by atoms with Crippen molar-refractivity contribution in [2.45, 2.75) is 32.2 Å². The largest absolute Gasteiger partial charge is 0.493 e. The second-order valence-electron chi connectivity index (χ2n) is 4.19. The van der Waals surface area contributed by atoms with Gasteiger partial charge in [0.15, 0.2) is 6.10 Å². The normalized spacial score (nSPS) is 13.1. The van der Waals surface area contributed by atoms with E-state index in [9.17, 15) is 13.2 Å². The zero-order chi connectivity index (χ0) is 15.2. The molecule has 1 aromatic carbocycles. The van der Waals surface area contributed by atoms with E-state index in [0.29, 0.717) is 17.9 Å². The van der Waals surface area contributed by atoms with Crippen molar-refractivity contribution in [2.24, 2.45) is 5.73 Å². The monoisotopic (exact) mass is 293 g/mol. The predicted molar refractivity (Wildman–Crippen MR) is 67.7 cm³/mol. The van der Waals surface area contributed by atoms with E-state index in [0.717, 1.165) is 6.42 Å². The topological polar surface area (TPSA) is 64.7 Å². The Morgan fingerprint density at radius 3 is 2.55 bits per heavy atom. The summed E-state index contributed by atoms with van der Waals surface area (Å²) < 4.78 is 47.0. The van der Waals surface area contributed by atoms with Gasteiger partial charge in [0.05, 0.1) is 6.61 Å². The van der Waals surface area contributed by atoms with Gasteiger partial charge < -0.3 is 20.3 Å². The zero-order valence-corrected chi connectivity index (χ0v) is 11.1. The highest BCUT2D eigenvalue weighted by Gasteiger charge is 2.38. The van der Waals surface area contributed by atoms with Crippen molar-refractivity contribution in [3.8, 4) is 11.5 Å². The van der Waals surface area contributed by atoms with Gasteiger partial charge in [-0.2, -0.15) is 13.2 Å². The van der Waals surface area contributed by atoms with Crippen LogP contribution in [0.3, 0.4) is 0 Å². The first-order valence-electron chi connectivity index (χ1n) is 6.21. The van der Waals surface area contributed by atoms with Crippen LogP contribution in [0.15, 0.2) is 18.2 Å². The molecular weight excluding hydrogens is 275 g/mol. The number of ether oxygens (including phenoxy) is 2. The van der Waals surface area contributed by atoms with Gasteiger partial charge in [-0.15, -0.1) is 0 Å². The molecule has 7 heteroatoms. The molecule has 20 heavy (non-hydrogen) atoms. The van der Waals surface area contributed by atoms with Gasteiger partial charge in [-0.1, -0.05) is 13.0 Å². The minimum Gasteiger partial charge on any atom is -0.493 e. The van der Waals surface area contributed by atoms with Crippen LogP contribution in [0.2, 0.25) is 0 Å². The Kier molecular flexibility index (Phi) is 6.09. The average Bonchev–Trinajstić information content (AvgIpc) is 2.41. The first-order valence-corrected chi connectivity index (χ1v) is 6.21. The molecule has 114 valence electrons. The van der Waals surface area contributed by atoms with E-state index in [4.69, 9.17) is 20.3 Å². The molecule has 0 heterocycles. The number of aliphatic hydroxyl groups excluding tert-OH is 1. The molecule has 0 saturated carbocycles. The third-order valence-electron chi connectivity index (χ3n) is 2.51. The van der Waals surface area contributed by atoms with Gasteiger partial charge in [0.2, 0.25) is 0 Å². The lowest BCUT2D eigenvalue weighted by molar-refractivity contribution is -0.210. The maximum atomic E-state index is 12.2. The molecule has 0 aliphatic heterocycles. The first-order chi connectivity index (χ1) is 9.38. The molecule has 0 saturated heterocycles. The number of halogens is 3. The number of hydrogen-bond donors (Lipinski definition) is 2. The summed E-state index contributed by atoms with van der Waals surface area (Å²) in [6.07, 6.45) is -6.44. The van der Waals surface area contributed by atoms with Gasteiger partial charge in [0.25, 0.3) is 0 Å². The van der Waals surface area contributed by atoms with E-state index >= 15 is 0 Å².